The van der Waals surface area contributed by atoms with Gasteiger partial charge in [-0.25, -0.2) is 4.98 Å². The standard InChI is InChI=1S/C15H19N3O3/c1-10(2)18(7-5-14(19)20)15(21)12-9-17-6-4-11(3)8-13(17)16-12/h4,6,8-10H,5,7H2,1-3H3,(H,19,20). The molecule has 6 nitrogen and oxygen atoms in total. The Kier molecular flexibility index (Phi) is 4.26. The quantitative estimate of drug-likeness (QED) is 0.913. The number of pyridine rings is 1. The predicted molar refractivity (Wildman–Crippen MR) is 78.4 cm³/mol. The summed E-state index contributed by atoms with van der Waals surface area (Å²) < 4.78 is 1.79. The van der Waals surface area contributed by atoms with E-state index >= 15 is 0 Å². The summed E-state index contributed by atoms with van der Waals surface area (Å²) in [6, 6.07) is 3.75. The van der Waals surface area contributed by atoms with E-state index in [-0.39, 0.29) is 24.9 Å². The lowest BCUT2D eigenvalue weighted by Gasteiger charge is -2.25. The molecule has 0 aromatic carbocycles. The zero-order chi connectivity index (χ0) is 15.6. The van der Waals surface area contributed by atoms with E-state index in [1.807, 2.05) is 39.1 Å². The van der Waals surface area contributed by atoms with Gasteiger partial charge in [0.1, 0.15) is 11.3 Å². The first-order valence-corrected chi connectivity index (χ1v) is 6.86. The fourth-order valence-corrected chi connectivity index (χ4v) is 2.14. The molecule has 0 aliphatic carbocycles. The van der Waals surface area contributed by atoms with Crippen molar-refractivity contribution in [2.45, 2.75) is 33.2 Å². The van der Waals surface area contributed by atoms with Crippen LogP contribution in [-0.4, -0.2) is 43.9 Å². The fourth-order valence-electron chi connectivity index (χ4n) is 2.14. The lowest BCUT2D eigenvalue weighted by Crippen LogP contribution is -2.38. The molecule has 1 N–H and O–H groups in total. The molecule has 1 amide bonds. The second kappa shape index (κ2) is 5.95. The van der Waals surface area contributed by atoms with E-state index in [0.29, 0.717) is 11.3 Å². The number of imidazole rings is 1. The second-order valence-electron chi connectivity index (χ2n) is 5.33. The average Bonchev–Trinajstić information content (AvgIpc) is 2.80. The Balaban J connectivity index is 2.27. The monoisotopic (exact) mass is 289 g/mol. The van der Waals surface area contributed by atoms with Crippen LogP contribution in [-0.2, 0) is 4.79 Å². The van der Waals surface area contributed by atoms with E-state index in [4.69, 9.17) is 5.11 Å². The Morgan fingerprint density at radius 1 is 1.43 bits per heavy atom. The minimum atomic E-state index is -0.918. The average molecular weight is 289 g/mol. The maximum absolute atomic E-state index is 12.5. The molecule has 2 aromatic heterocycles. The summed E-state index contributed by atoms with van der Waals surface area (Å²) in [6.45, 7) is 5.86. The molecule has 0 fully saturated rings. The van der Waals surface area contributed by atoms with E-state index < -0.39 is 5.97 Å². The topological polar surface area (TPSA) is 74.9 Å². The molecule has 0 atom stereocenters. The van der Waals surface area contributed by atoms with E-state index in [2.05, 4.69) is 4.98 Å². The number of carbonyl (C=O) groups is 2. The van der Waals surface area contributed by atoms with Crippen LogP contribution in [0.1, 0.15) is 36.3 Å². The van der Waals surface area contributed by atoms with Gasteiger partial charge in [0.25, 0.3) is 5.91 Å². The van der Waals surface area contributed by atoms with E-state index in [1.165, 1.54) is 4.90 Å². The number of fused-ring (bicyclic) bond motifs is 1. The Morgan fingerprint density at radius 3 is 2.76 bits per heavy atom. The number of hydrogen-bond donors (Lipinski definition) is 1. The van der Waals surface area contributed by atoms with Crippen LogP contribution in [0.25, 0.3) is 5.65 Å². The van der Waals surface area contributed by atoms with Gasteiger partial charge in [-0.3, -0.25) is 9.59 Å². The van der Waals surface area contributed by atoms with Crippen molar-refractivity contribution < 1.29 is 14.7 Å². The SMILES string of the molecule is Cc1ccn2cc(C(=O)N(CCC(=O)O)C(C)C)nc2c1. The predicted octanol–water partition coefficient (Wildman–Crippen LogP) is 1.97. The molecule has 0 spiro atoms. The highest BCUT2D eigenvalue weighted by Gasteiger charge is 2.22. The normalized spacial score (nSPS) is 11.0. The Labute approximate surface area is 123 Å². The molecule has 2 aromatic rings. The van der Waals surface area contributed by atoms with Crippen molar-refractivity contribution in [1.82, 2.24) is 14.3 Å². The summed E-state index contributed by atoms with van der Waals surface area (Å²) >= 11 is 0. The Bertz CT molecular complexity index is 676. The molecule has 0 saturated carbocycles. The molecule has 112 valence electrons. The number of carboxylic acids is 1. The molecule has 6 heteroatoms. The maximum Gasteiger partial charge on any atom is 0.305 e. The Hall–Kier alpha value is -2.37. The number of amides is 1. The smallest absolute Gasteiger partial charge is 0.305 e. The van der Waals surface area contributed by atoms with Crippen molar-refractivity contribution in [2.24, 2.45) is 0 Å². The molecule has 0 saturated heterocycles. The number of nitrogens with zero attached hydrogens (tertiary/aromatic N) is 3. The lowest BCUT2D eigenvalue weighted by molar-refractivity contribution is -0.137. The molecule has 0 unspecified atom stereocenters. The van der Waals surface area contributed by atoms with E-state index in [9.17, 15) is 9.59 Å². The van der Waals surface area contributed by atoms with Crippen LogP contribution in [0.4, 0.5) is 0 Å². The van der Waals surface area contributed by atoms with Crippen LogP contribution in [0.3, 0.4) is 0 Å². The highest BCUT2D eigenvalue weighted by atomic mass is 16.4. The number of aromatic nitrogens is 2. The lowest BCUT2D eigenvalue weighted by atomic mass is 10.2. The number of aryl methyl sites for hydroxylation is 1. The molecule has 0 radical (unpaired) electrons. The van der Waals surface area contributed by atoms with Crippen molar-refractivity contribution >= 4 is 17.5 Å². The summed E-state index contributed by atoms with van der Waals surface area (Å²) in [5, 5.41) is 8.78. The number of rotatable bonds is 5. The van der Waals surface area contributed by atoms with Crippen molar-refractivity contribution in [2.75, 3.05) is 6.54 Å². The molecule has 0 aliphatic heterocycles. The number of aliphatic carboxylic acids is 1. The summed E-state index contributed by atoms with van der Waals surface area (Å²) in [5.74, 6) is -1.16. The van der Waals surface area contributed by atoms with Crippen molar-refractivity contribution in [3.63, 3.8) is 0 Å². The summed E-state index contributed by atoms with van der Waals surface area (Å²) in [7, 11) is 0. The molecule has 0 bridgehead atoms. The molecule has 0 aliphatic rings. The van der Waals surface area contributed by atoms with Gasteiger partial charge in [-0.05, 0) is 38.5 Å². The zero-order valence-corrected chi connectivity index (χ0v) is 12.4. The van der Waals surface area contributed by atoms with E-state index in [0.717, 1.165) is 5.56 Å². The van der Waals surface area contributed by atoms with Gasteiger partial charge >= 0.3 is 5.97 Å². The summed E-state index contributed by atoms with van der Waals surface area (Å²) in [5.41, 5.74) is 2.11. The first-order valence-electron chi connectivity index (χ1n) is 6.86. The fraction of sp³-hybridized carbons (Fsp3) is 0.400. The van der Waals surface area contributed by atoms with Crippen LogP contribution in [0.2, 0.25) is 0 Å². The number of hydrogen-bond acceptors (Lipinski definition) is 3. The highest BCUT2D eigenvalue weighted by Crippen LogP contribution is 2.12. The minimum Gasteiger partial charge on any atom is -0.481 e. The van der Waals surface area contributed by atoms with Gasteiger partial charge in [0.15, 0.2) is 0 Å². The van der Waals surface area contributed by atoms with Crippen LogP contribution < -0.4 is 0 Å². The van der Waals surface area contributed by atoms with Gasteiger partial charge in [-0.15, -0.1) is 0 Å². The van der Waals surface area contributed by atoms with Gasteiger partial charge in [-0.2, -0.15) is 0 Å². The summed E-state index contributed by atoms with van der Waals surface area (Å²) in [6.07, 6.45) is 3.45. The molecule has 2 rings (SSSR count). The van der Waals surface area contributed by atoms with Crippen molar-refractivity contribution in [3.05, 3.63) is 35.8 Å². The zero-order valence-electron chi connectivity index (χ0n) is 12.4. The van der Waals surface area contributed by atoms with Crippen LogP contribution >= 0.6 is 0 Å². The van der Waals surface area contributed by atoms with Crippen LogP contribution in [0, 0.1) is 6.92 Å². The summed E-state index contributed by atoms with van der Waals surface area (Å²) in [4.78, 5) is 29.1. The molecular weight excluding hydrogens is 270 g/mol. The highest BCUT2D eigenvalue weighted by molar-refractivity contribution is 5.93. The maximum atomic E-state index is 12.5. The molecular formula is C15H19N3O3. The number of carbonyl (C=O) groups excluding carboxylic acids is 1. The largest absolute Gasteiger partial charge is 0.481 e. The third-order valence-electron chi connectivity index (χ3n) is 3.29. The van der Waals surface area contributed by atoms with Gasteiger partial charge in [0.05, 0.1) is 6.42 Å². The second-order valence-corrected chi connectivity index (χ2v) is 5.33. The van der Waals surface area contributed by atoms with Gasteiger partial charge in [-0.1, -0.05) is 0 Å². The van der Waals surface area contributed by atoms with E-state index in [1.54, 1.807) is 10.6 Å². The van der Waals surface area contributed by atoms with Gasteiger partial charge in [0, 0.05) is 25.0 Å². The molecule has 2 heterocycles. The third-order valence-corrected chi connectivity index (χ3v) is 3.29. The van der Waals surface area contributed by atoms with Crippen LogP contribution in [0.5, 0.6) is 0 Å². The molecule has 21 heavy (non-hydrogen) atoms. The first kappa shape index (κ1) is 15.0. The Morgan fingerprint density at radius 2 is 2.14 bits per heavy atom. The third kappa shape index (κ3) is 3.39. The van der Waals surface area contributed by atoms with Gasteiger partial charge < -0.3 is 14.4 Å². The first-order chi connectivity index (χ1) is 9.88. The van der Waals surface area contributed by atoms with Crippen molar-refractivity contribution in [1.29, 1.82) is 0 Å². The van der Waals surface area contributed by atoms with Crippen LogP contribution in [0.15, 0.2) is 24.5 Å². The minimum absolute atomic E-state index is 0.0730. The van der Waals surface area contributed by atoms with Crippen molar-refractivity contribution in [3.8, 4) is 0 Å². The van der Waals surface area contributed by atoms with Gasteiger partial charge in [0.2, 0.25) is 0 Å². The number of carboxylic acid groups (broad SMARTS) is 1.